The molecule has 0 saturated carbocycles. The van der Waals surface area contributed by atoms with Gasteiger partial charge in [0.15, 0.2) is 0 Å². The number of nitrogens with one attached hydrogen (secondary N) is 1. The Bertz CT molecular complexity index is 163. The van der Waals surface area contributed by atoms with Crippen molar-refractivity contribution in [3.05, 3.63) is 12.2 Å². The van der Waals surface area contributed by atoms with Crippen LogP contribution in [-0.4, -0.2) is 13.1 Å². The SMILES string of the molecule is C=C(CC)CC(NC)C(CC)CCCC. The van der Waals surface area contributed by atoms with Crippen LogP contribution in [0.3, 0.4) is 0 Å². The summed E-state index contributed by atoms with van der Waals surface area (Å²) < 4.78 is 0. The monoisotopic (exact) mass is 211 g/mol. The van der Waals surface area contributed by atoms with E-state index in [1.165, 1.54) is 31.3 Å². The minimum absolute atomic E-state index is 0.633. The van der Waals surface area contributed by atoms with Crippen molar-refractivity contribution in [2.24, 2.45) is 5.92 Å². The lowest BCUT2D eigenvalue weighted by Gasteiger charge is -2.26. The van der Waals surface area contributed by atoms with E-state index in [4.69, 9.17) is 0 Å². The fourth-order valence-corrected chi connectivity index (χ4v) is 2.12. The van der Waals surface area contributed by atoms with E-state index in [1.54, 1.807) is 0 Å². The topological polar surface area (TPSA) is 12.0 Å². The van der Waals surface area contributed by atoms with Crippen molar-refractivity contribution in [2.75, 3.05) is 7.05 Å². The van der Waals surface area contributed by atoms with Gasteiger partial charge in [-0.15, -0.1) is 0 Å². The quantitative estimate of drug-likeness (QED) is 0.565. The molecule has 0 aliphatic rings. The second kappa shape index (κ2) is 8.96. The molecule has 1 N–H and O–H groups in total. The molecule has 0 fully saturated rings. The van der Waals surface area contributed by atoms with Gasteiger partial charge in [0, 0.05) is 6.04 Å². The highest BCUT2D eigenvalue weighted by Crippen LogP contribution is 2.22. The Labute approximate surface area is 96.3 Å². The molecular formula is C14H29N. The fourth-order valence-electron chi connectivity index (χ4n) is 2.12. The molecule has 90 valence electrons. The van der Waals surface area contributed by atoms with Gasteiger partial charge >= 0.3 is 0 Å². The zero-order valence-electron chi connectivity index (χ0n) is 11.1. The molecule has 0 aliphatic carbocycles. The highest BCUT2D eigenvalue weighted by molar-refractivity contribution is 4.97. The molecule has 0 heterocycles. The van der Waals surface area contributed by atoms with Crippen LogP contribution >= 0.6 is 0 Å². The molecule has 0 aliphatic heterocycles. The summed E-state index contributed by atoms with van der Waals surface area (Å²) in [6.45, 7) is 10.9. The second-order valence-electron chi connectivity index (χ2n) is 4.51. The summed E-state index contributed by atoms with van der Waals surface area (Å²) >= 11 is 0. The Balaban J connectivity index is 4.13. The number of hydrogen-bond acceptors (Lipinski definition) is 1. The van der Waals surface area contributed by atoms with E-state index in [-0.39, 0.29) is 0 Å². The van der Waals surface area contributed by atoms with E-state index >= 15 is 0 Å². The van der Waals surface area contributed by atoms with Gasteiger partial charge in [-0.1, -0.05) is 52.2 Å². The lowest BCUT2D eigenvalue weighted by atomic mass is 9.87. The van der Waals surface area contributed by atoms with Crippen molar-refractivity contribution in [1.29, 1.82) is 0 Å². The van der Waals surface area contributed by atoms with Gasteiger partial charge in [0.05, 0.1) is 0 Å². The third kappa shape index (κ3) is 5.99. The van der Waals surface area contributed by atoms with E-state index < -0.39 is 0 Å². The van der Waals surface area contributed by atoms with Crippen molar-refractivity contribution in [3.8, 4) is 0 Å². The maximum absolute atomic E-state index is 4.12. The van der Waals surface area contributed by atoms with E-state index in [0.29, 0.717) is 6.04 Å². The minimum Gasteiger partial charge on any atom is -0.316 e. The van der Waals surface area contributed by atoms with Crippen molar-refractivity contribution in [3.63, 3.8) is 0 Å². The fraction of sp³-hybridized carbons (Fsp3) is 0.857. The molecule has 0 aromatic heterocycles. The molecule has 15 heavy (non-hydrogen) atoms. The van der Waals surface area contributed by atoms with Gasteiger partial charge in [-0.05, 0) is 32.2 Å². The third-order valence-electron chi connectivity index (χ3n) is 3.40. The van der Waals surface area contributed by atoms with Crippen LogP contribution in [0.15, 0.2) is 12.2 Å². The van der Waals surface area contributed by atoms with Gasteiger partial charge < -0.3 is 5.32 Å². The number of hydrogen-bond donors (Lipinski definition) is 1. The maximum atomic E-state index is 4.12. The van der Waals surface area contributed by atoms with Gasteiger partial charge in [-0.25, -0.2) is 0 Å². The Morgan fingerprint density at radius 3 is 2.33 bits per heavy atom. The molecule has 0 amide bonds. The molecule has 2 atom stereocenters. The summed E-state index contributed by atoms with van der Waals surface area (Å²) in [6.07, 6.45) is 7.56. The van der Waals surface area contributed by atoms with Gasteiger partial charge in [-0.2, -0.15) is 0 Å². The lowest BCUT2D eigenvalue weighted by molar-refractivity contribution is 0.328. The third-order valence-corrected chi connectivity index (χ3v) is 3.40. The van der Waals surface area contributed by atoms with Gasteiger partial charge in [0.2, 0.25) is 0 Å². The molecule has 0 aromatic rings. The summed E-state index contributed by atoms with van der Waals surface area (Å²) in [7, 11) is 2.09. The summed E-state index contributed by atoms with van der Waals surface area (Å²) in [5.41, 5.74) is 1.38. The van der Waals surface area contributed by atoms with E-state index in [1.807, 2.05) is 0 Å². The molecule has 0 bridgehead atoms. The Morgan fingerprint density at radius 2 is 1.93 bits per heavy atom. The standard InChI is InChI=1S/C14H29N/c1-6-9-10-13(8-3)14(15-5)11-12(4)7-2/h13-15H,4,6-11H2,1-3,5H3. The predicted molar refractivity (Wildman–Crippen MR) is 70.2 cm³/mol. The van der Waals surface area contributed by atoms with E-state index in [2.05, 4.69) is 39.7 Å². The van der Waals surface area contributed by atoms with Crippen molar-refractivity contribution in [1.82, 2.24) is 5.32 Å². The van der Waals surface area contributed by atoms with Crippen LogP contribution in [0.5, 0.6) is 0 Å². The molecule has 0 radical (unpaired) electrons. The Morgan fingerprint density at radius 1 is 1.27 bits per heavy atom. The van der Waals surface area contributed by atoms with Gasteiger partial charge in [0.25, 0.3) is 0 Å². The first-order chi connectivity index (χ1) is 7.19. The molecule has 2 unspecified atom stereocenters. The Kier molecular flexibility index (Phi) is 8.79. The zero-order valence-corrected chi connectivity index (χ0v) is 11.1. The smallest absolute Gasteiger partial charge is 0.0129 e. The maximum Gasteiger partial charge on any atom is 0.0129 e. The van der Waals surface area contributed by atoms with Crippen molar-refractivity contribution in [2.45, 2.75) is 65.3 Å². The molecule has 1 nitrogen and oxygen atoms in total. The van der Waals surface area contributed by atoms with Gasteiger partial charge in [0.1, 0.15) is 0 Å². The number of unbranched alkanes of at least 4 members (excludes halogenated alkanes) is 1. The van der Waals surface area contributed by atoms with Crippen LogP contribution < -0.4 is 5.32 Å². The lowest BCUT2D eigenvalue weighted by Crippen LogP contribution is -2.33. The summed E-state index contributed by atoms with van der Waals surface area (Å²) in [6, 6.07) is 0.633. The van der Waals surface area contributed by atoms with E-state index in [0.717, 1.165) is 18.8 Å². The van der Waals surface area contributed by atoms with Crippen LogP contribution in [0.25, 0.3) is 0 Å². The van der Waals surface area contributed by atoms with Crippen LogP contribution in [0.1, 0.15) is 59.3 Å². The minimum atomic E-state index is 0.633. The van der Waals surface area contributed by atoms with Crippen LogP contribution in [0.2, 0.25) is 0 Å². The Hall–Kier alpha value is -0.300. The van der Waals surface area contributed by atoms with E-state index in [9.17, 15) is 0 Å². The largest absolute Gasteiger partial charge is 0.316 e. The summed E-state index contributed by atoms with van der Waals surface area (Å²) in [5.74, 6) is 0.818. The first-order valence-electron chi connectivity index (χ1n) is 6.53. The van der Waals surface area contributed by atoms with Crippen molar-refractivity contribution >= 4 is 0 Å². The molecule has 0 aromatic carbocycles. The average Bonchev–Trinajstić information content (AvgIpc) is 2.27. The summed E-state index contributed by atoms with van der Waals surface area (Å²) in [5, 5.41) is 3.47. The highest BCUT2D eigenvalue weighted by atomic mass is 14.9. The van der Waals surface area contributed by atoms with Crippen molar-refractivity contribution < 1.29 is 0 Å². The van der Waals surface area contributed by atoms with Crippen LogP contribution in [-0.2, 0) is 0 Å². The van der Waals surface area contributed by atoms with Crippen LogP contribution in [0.4, 0.5) is 0 Å². The van der Waals surface area contributed by atoms with Gasteiger partial charge in [-0.3, -0.25) is 0 Å². The normalized spacial score (nSPS) is 14.9. The average molecular weight is 211 g/mol. The second-order valence-corrected chi connectivity index (χ2v) is 4.51. The molecule has 1 heteroatoms. The molecule has 0 saturated heterocycles. The molecular weight excluding hydrogens is 182 g/mol. The predicted octanol–water partition coefficient (Wildman–Crippen LogP) is 4.15. The first-order valence-corrected chi connectivity index (χ1v) is 6.53. The zero-order chi connectivity index (χ0) is 11.7. The summed E-state index contributed by atoms with van der Waals surface area (Å²) in [4.78, 5) is 0. The number of rotatable bonds is 9. The highest BCUT2D eigenvalue weighted by Gasteiger charge is 2.17. The van der Waals surface area contributed by atoms with Crippen LogP contribution in [0, 0.1) is 5.92 Å². The first kappa shape index (κ1) is 14.7. The molecule has 0 spiro atoms. The molecule has 0 rings (SSSR count).